The highest BCUT2D eigenvalue weighted by atomic mass is 16.7. The molecule has 3 N–H and O–H groups in total. The number of H-pyrrole nitrogens is 1. The van der Waals surface area contributed by atoms with E-state index < -0.39 is 18.1 Å². The van der Waals surface area contributed by atoms with E-state index >= 15 is 0 Å². The number of hydrogen-bond acceptors (Lipinski definition) is 9. The molecule has 5 rings (SSSR count). The molecule has 42 heavy (non-hydrogen) atoms. The minimum absolute atomic E-state index is 0.0496. The quantitative estimate of drug-likeness (QED) is 0.192. The first-order valence-corrected chi connectivity index (χ1v) is 14.1. The number of para-hydroxylation sites is 3. The Morgan fingerprint density at radius 1 is 1.07 bits per heavy atom. The number of fused-ring (bicyclic) bond motifs is 2. The normalized spacial score (nSPS) is 18.6. The zero-order valence-corrected chi connectivity index (χ0v) is 23.4. The number of rotatable bonds is 14. The maximum atomic E-state index is 13.6. The van der Waals surface area contributed by atoms with Crippen molar-refractivity contribution < 1.29 is 33.3 Å². The van der Waals surface area contributed by atoms with Gasteiger partial charge in [0.15, 0.2) is 11.2 Å². The van der Waals surface area contributed by atoms with E-state index in [9.17, 15) is 9.59 Å². The number of nitrogens with one attached hydrogen (secondary N) is 2. The number of hydrogen-bond donors (Lipinski definition) is 3. The fourth-order valence-corrected chi connectivity index (χ4v) is 5.06. The van der Waals surface area contributed by atoms with Crippen LogP contribution in [0.25, 0.3) is 22.0 Å². The number of carbonyl (C=O) groups excluding carboxylic acids is 1. The monoisotopic (exact) mass is 577 g/mol. The molecule has 0 radical (unpaired) electrons. The van der Waals surface area contributed by atoms with E-state index in [1.807, 2.05) is 31.2 Å². The van der Waals surface area contributed by atoms with Gasteiger partial charge in [0.1, 0.15) is 11.4 Å². The fourth-order valence-electron chi connectivity index (χ4n) is 5.06. The molecule has 1 aliphatic rings. The lowest BCUT2D eigenvalue weighted by atomic mass is 9.81. The lowest BCUT2D eigenvalue weighted by Crippen LogP contribution is -2.40. The smallest absolute Gasteiger partial charge is 0.286 e. The fraction of sp³-hybridized carbons (Fsp3) is 0.387. The molecule has 1 amide bonds. The number of benzene rings is 2. The highest BCUT2D eigenvalue weighted by Crippen LogP contribution is 2.38. The molecule has 222 valence electrons. The van der Waals surface area contributed by atoms with Gasteiger partial charge in [-0.1, -0.05) is 24.3 Å². The van der Waals surface area contributed by atoms with E-state index in [0.717, 1.165) is 11.0 Å². The van der Waals surface area contributed by atoms with Crippen LogP contribution in [-0.4, -0.2) is 66.9 Å². The molecule has 11 heteroatoms. The predicted octanol–water partition coefficient (Wildman–Crippen LogP) is 3.38. The molecule has 0 aliphatic carbocycles. The van der Waals surface area contributed by atoms with Crippen LogP contribution < -0.4 is 10.7 Å². The number of allylic oxidation sites excluding steroid dienone is 1. The second-order valence-corrected chi connectivity index (χ2v) is 9.80. The Bertz CT molecular complexity index is 1550. The van der Waals surface area contributed by atoms with Crippen molar-refractivity contribution in [1.29, 1.82) is 0 Å². The topological polar surface area (TPSA) is 145 Å². The standard InChI is InChI=1S/C31H35N3O8/c1-2-40-31-20(11-13-38-15-16-39-14-12-35)22(23-19-41-26-10-6-3-7-21(26)29(23)36)17-27(42-31)30(37)32-18-28-33-24-8-4-5-9-25(24)34-28/h3-10,17,19-20,22,31,35H,2,11-16,18H2,1H3,(H,32,37)(H,33,34). The molecule has 0 bridgehead atoms. The van der Waals surface area contributed by atoms with E-state index in [-0.39, 0.29) is 36.9 Å². The van der Waals surface area contributed by atoms with Gasteiger partial charge in [0.05, 0.1) is 55.7 Å². The number of aromatic amines is 1. The molecule has 4 aromatic rings. The molecule has 0 fully saturated rings. The van der Waals surface area contributed by atoms with Crippen molar-refractivity contribution in [2.24, 2.45) is 5.92 Å². The van der Waals surface area contributed by atoms with Crippen LogP contribution in [-0.2, 0) is 30.3 Å². The Labute approximate surface area is 242 Å². The molecule has 11 nitrogen and oxygen atoms in total. The summed E-state index contributed by atoms with van der Waals surface area (Å²) in [5.41, 5.74) is 2.38. The summed E-state index contributed by atoms with van der Waals surface area (Å²) in [7, 11) is 0. The highest BCUT2D eigenvalue weighted by molar-refractivity contribution is 5.91. The van der Waals surface area contributed by atoms with Crippen LogP contribution in [0.4, 0.5) is 0 Å². The minimum Gasteiger partial charge on any atom is -0.464 e. The van der Waals surface area contributed by atoms with Crippen LogP contribution in [0.1, 0.15) is 30.7 Å². The molecule has 3 unspecified atom stereocenters. The lowest BCUT2D eigenvalue weighted by Gasteiger charge is -2.36. The first-order chi connectivity index (χ1) is 20.6. The summed E-state index contributed by atoms with van der Waals surface area (Å²) in [5.74, 6) is -0.688. The van der Waals surface area contributed by atoms with E-state index in [4.69, 9.17) is 28.5 Å². The largest absolute Gasteiger partial charge is 0.464 e. The van der Waals surface area contributed by atoms with Crippen molar-refractivity contribution in [3.8, 4) is 0 Å². The summed E-state index contributed by atoms with van der Waals surface area (Å²) in [6.45, 7) is 3.58. The van der Waals surface area contributed by atoms with Gasteiger partial charge in [-0.05, 0) is 43.7 Å². The third-order valence-electron chi connectivity index (χ3n) is 7.06. The maximum Gasteiger partial charge on any atom is 0.286 e. The van der Waals surface area contributed by atoms with Crippen LogP contribution in [0.3, 0.4) is 0 Å². The Kier molecular flexibility index (Phi) is 9.98. The Hall–Kier alpha value is -4.03. The maximum absolute atomic E-state index is 13.6. The van der Waals surface area contributed by atoms with Crippen molar-refractivity contribution in [2.45, 2.75) is 32.1 Å². The van der Waals surface area contributed by atoms with Crippen molar-refractivity contribution in [1.82, 2.24) is 15.3 Å². The second kappa shape index (κ2) is 14.2. The molecule has 3 atom stereocenters. The number of carbonyl (C=O) groups is 1. The van der Waals surface area contributed by atoms with Crippen LogP contribution in [0.2, 0.25) is 0 Å². The molecule has 2 aromatic carbocycles. The Balaban J connectivity index is 1.39. The third-order valence-corrected chi connectivity index (χ3v) is 7.06. The van der Waals surface area contributed by atoms with Crippen molar-refractivity contribution in [3.63, 3.8) is 0 Å². The number of ether oxygens (including phenoxy) is 4. The van der Waals surface area contributed by atoms with Gasteiger partial charge in [-0.25, -0.2) is 4.98 Å². The summed E-state index contributed by atoms with van der Waals surface area (Å²) in [4.78, 5) is 34.7. The summed E-state index contributed by atoms with van der Waals surface area (Å²) >= 11 is 0. The molecular weight excluding hydrogens is 542 g/mol. The highest BCUT2D eigenvalue weighted by Gasteiger charge is 2.39. The van der Waals surface area contributed by atoms with Crippen LogP contribution in [0.5, 0.6) is 0 Å². The molecule has 2 aromatic heterocycles. The number of imidazole rings is 1. The van der Waals surface area contributed by atoms with Crippen LogP contribution in [0.15, 0.2) is 75.8 Å². The van der Waals surface area contributed by atoms with E-state index in [0.29, 0.717) is 55.2 Å². The lowest BCUT2D eigenvalue weighted by molar-refractivity contribution is -0.168. The second-order valence-electron chi connectivity index (χ2n) is 9.80. The van der Waals surface area contributed by atoms with Gasteiger partial charge in [-0.2, -0.15) is 0 Å². The van der Waals surface area contributed by atoms with Gasteiger partial charge in [0.2, 0.25) is 6.29 Å². The number of nitrogens with zero attached hydrogens (tertiary/aromatic N) is 1. The zero-order chi connectivity index (χ0) is 29.3. The first kappa shape index (κ1) is 29.5. The predicted molar refractivity (Wildman–Crippen MR) is 155 cm³/mol. The SMILES string of the molecule is CCOC1OC(C(=O)NCc2nc3ccccc3[nH]2)=CC(c2coc3ccccc3c2=O)C1CCOCCOCCO. The van der Waals surface area contributed by atoms with Crippen molar-refractivity contribution >= 4 is 27.9 Å². The van der Waals surface area contributed by atoms with Gasteiger partial charge in [0.25, 0.3) is 5.91 Å². The minimum atomic E-state index is -0.808. The van der Waals surface area contributed by atoms with E-state index in [1.165, 1.54) is 6.26 Å². The summed E-state index contributed by atoms with van der Waals surface area (Å²) < 4.78 is 28.9. The van der Waals surface area contributed by atoms with Crippen molar-refractivity contribution in [2.75, 3.05) is 39.6 Å². The molecule has 1 aliphatic heterocycles. The first-order valence-electron chi connectivity index (χ1n) is 14.1. The number of aliphatic hydroxyl groups is 1. The van der Waals surface area contributed by atoms with Gasteiger partial charge < -0.3 is 38.8 Å². The van der Waals surface area contributed by atoms with Crippen LogP contribution in [0, 0.1) is 5.92 Å². The van der Waals surface area contributed by atoms with Crippen LogP contribution >= 0.6 is 0 Å². The molecular formula is C31H35N3O8. The van der Waals surface area contributed by atoms with Gasteiger partial charge in [0, 0.05) is 30.6 Å². The number of aromatic nitrogens is 2. The molecule has 3 heterocycles. The number of amides is 1. The Morgan fingerprint density at radius 3 is 2.67 bits per heavy atom. The average Bonchev–Trinajstić information content (AvgIpc) is 3.43. The summed E-state index contributed by atoms with van der Waals surface area (Å²) in [5, 5.41) is 12.2. The van der Waals surface area contributed by atoms with E-state index in [2.05, 4.69) is 15.3 Å². The summed E-state index contributed by atoms with van der Waals surface area (Å²) in [6, 6.07) is 14.7. The van der Waals surface area contributed by atoms with Gasteiger partial charge >= 0.3 is 0 Å². The molecule has 0 saturated heterocycles. The van der Waals surface area contributed by atoms with Gasteiger partial charge in [-0.15, -0.1) is 0 Å². The van der Waals surface area contributed by atoms with E-state index in [1.54, 1.807) is 30.3 Å². The zero-order valence-electron chi connectivity index (χ0n) is 23.4. The summed E-state index contributed by atoms with van der Waals surface area (Å²) in [6.07, 6.45) is 2.80. The third kappa shape index (κ3) is 6.88. The molecule has 0 saturated carbocycles. The van der Waals surface area contributed by atoms with Crippen molar-refractivity contribution in [3.05, 3.63) is 88.2 Å². The number of aliphatic hydroxyl groups excluding tert-OH is 1. The van der Waals surface area contributed by atoms with Gasteiger partial charge in [-0.3, -0.25) is 9.59 Å². The molecule has 0 spiro atoms. The average molecular weight is 578 g/mol. The Morgan fingerprint density at radius 2 is 1.86 bits per heavy atom.